The second-order valence-electron chi connectivity index (χ2n) is 8.86. The number of methoxy groups -OCH3 is 2. The van der Waals surface area contributed by atoms with E-state index >= 15 is 0 Å². The first-order valence-electron chi connectivity index (χ1n) is 11.5. The van der Waals surface area contributed by atoms with E-state index in [0.717, 1.165) is 38.7 Å². The third-order valence-electron chi connectivity index (χ3n) is 5.89. The zero-order valence-electron chi connectivity index (χ0n) is 21.0. The van der Waals surface area contributed by atoms with Crippen molar-refractivity contribution in [2.45, 2.75) is 40.3 Å². The number of pyridine rings is 1. The summed E-state index contributed by atoms with van der Waals surface area (Å²) < 4.78 is 16.3. The van der Waals surface area contributed by atoms with Gasteiger partial charge in [0.25, 0.3) is 0 Å². The zero-order chi connectivity index (χ0) is 25.1. The van der Waals surface area contributed by atoms with Gasteiger partial charge in [-0.3, -0.25) is 0 Å². The Morgan fingerprint density at radius 1 is 0.886 bits per heavy atom. The van der Waals surface area contributed by atoms with Crippen LogP contribution < -0.4 is 20.1 Å². The molecule has 0 bridgehead atoms. The van der Waals surface area contributed by atoms with E-state index in [4.69, 9.17) is 19.2 Å². The molecule has 0 aliphatic heterocycles. The summed E-state index contributed by atoms with van der Waals surface area (Å²) in [5.41, 5.74) is 6.82. The second kappa shape index (κ2) is 10.1. The van der Waals surface area contributed by atoms with Gasteiger partial charge in [-0.05, 0) is 74.7 Å². The summed E-state index contributed by atoms with van der Waals surface area (Å²) >= 11 is 0. The second-order valence-corrected chi connectivity index (χ2v) is 8.86. The summed E-state index contributed by atoms with van der Waals surface area (Å²) in [7, 11) is 3.25. The van der Waals surface area contributed by atoms with Gasteiger partial charge >= 0.3 is 6.09 Å². The molecule has 1 amide bonds. The topological polar surface area (TPSA) is 81.7 Å². The number of carbonyl (C=O) groups is 1. The van der Waals surface area contributed by atoms with Gasteiger partial charge in [0.15, 0.2) is 11.5 Å². The summed E-state index contributed by atoms with van der Waals surface area (Å²) in [5.74, 6) is 1.27. The SMILES string of the molecule is COc1cc2nc3cc(C)c(C)cc3c(Nc3ccc(COC(=O)NC(C)C)cc3)c2cc1OC. The van der Waals surface area contributed by atoms with Crippen molar-refractivity contribution in [2.24, 2.45) is 0 Å². The van der Waals surface area contributed by atoms with Gasteiger partial charge in [0.2, 0.25) is 0 Å². The first-order chi connectivity index (χ1) is 16.8. The smallest absolute Gasteiger partial charge is 0.407 e. The van der Waals surface area contributed by atoms with Crippen LogP contribution in [0, 0.1) is 13.8 Å². The van der Waals surface area contributed by atoms with Gasteiger partial charge in [-0.1, -0.05) is 12.1 Å². The van der Waals surface area contributed by atoms with E-state index in [-0.39, 0.29) is 12.6 Å². The molecule has 4 aromatic rings. The van der Waals surface area contributed by atoms with Crippen molar-refractivity contribution < 1.29 is 19.0 Å². The molecule has 0 spiro atoms. The van der Waals surface area contributed by atoms with Gasteiger partial charge in [-0.2, -0.15) is 0 Å². The Balaban J connectivity index is 1.72. The van der Waals surface area contributed by atoms with Crippen LogP contribution in [-0.2, 0) is 11.3 Å². The molecule has 3 aromatic carbocycles. The molecule has 182 valence electrons. The standard InChI is InChI=1S/C28H31N3O4/c1-16(2)29-28(32)35-15-19-7-9-20(10-8-19)30-27-21-11-17(3)18(4)12-23(21)31-24-14-26(34-6)25(33-5)13-22(24)27/h7-14,16H,15H2,1-6H3,(H,29,32)(H,30,31). The van der Waals surface area contributed by atoms with Crippen molar-refractivity contribution in [3.8, 4) is 11.5 Å². The van der Waals surface area contributed by atoms with Crippen LogP contribution in [-0.4, -0.2) is 31.3 Å². The van der Waals surface area contributed by atoms with E-state index in [1.54, 1.807) is 14.2 Å². The highest BCUT2D eigenvalue weighted by atomic mass is 16.5. The van der Waals surface area contributed by atoms with E-state index in [2.05, 4.69) is 36.6 Å². The number of hydrogen-bond acceptors (Lipinski definition) is 6. The Bertz CT molecular complexity index is 1380. The van der Waals surface area contributed by atoms with Crippen LogP contribution in [0.15, 0.2) is 48.5 Å². The average Bonchev–Trinajstić information content (AvgIpc) is 2.83. The molecule has 0 aliphatic carbocycles. The Kier molecular flexibility index (Phi) is 6.96. The van der Waals surface area contributed by atoms with E-state index in [9.17, 15) is 4.79 Å². The number of carbonyl (C=O) groups excluding carboxylic acids is 1. The molecular weight excluding hydrogens is 442 g/mol. The van der Waals surface area contributed by atoms with Gasteiger partial charge in [0, 0.05) is 28.6 Å². The maximum Gasteiger partial charge on any atom is 0.407 e. The molecule has 0 aliphatic rings. The molecule has 0 radical (unpaired) electrons. The van der Waals surface area contributed by atoms with Crippen LogP contribution >= 0.6 is 0 Å². The summed E-state index contributed by atoms with van der Waals surface area (Å²) in [5, 5.41) is 8.25. The first kappa shape index (κ1) is 24.1. The zero-order valence-corrected chi connectivity index (χ0v) is 21.0. The van der Waals surface area contributed by atoms with Crippen LogP contribution in [0.1, 0.15) is 30.5 Å². The number of benzene rings is 3. The lowest BCUT2D eigenvalue weighted by Crippen LogP contribution is -2.30. The maximum absolute atomic E-state index is 11.8. The minimum Gasteiger partial charge on any atom is -0.493 e. The molecule has 0 atom stereocenters. The lowest BCUT2D eigenvalue weighted by Gasteiger charge is -2.17. The quantitative estimate of drug-likeness (QED) is 0.302. The fourth-order valence-corrected chi connectivity index (χ4v) is 3.92. The molecule has 4 rings (SSSR count). The summed E-state index contributed by atoms with van der Waals surface area (Å²) in [4.78, 5) is 16.7. The van der Waals surface area contributed by atoms with Crippen molar-refractivity contribution in [1.29, 1.82) is 0 Å². The van der Waals surface area contributed by atoms with E-state index in [1.165, 1.54) is 11.1 Å². The summed E-state index contributed by atoms with van der Waals surface area (Å²) in [6.07, 6.45) is -0.424. The minimum absolute atomic E-state index is 0.0325. The Labute approximate surface area is 205 Å². The number of alkyl carbamates (subject to hydrolysis) is 1. The van der Waals surface area contributed by atoms with Crippen molar-refractivity contribution >= 4 is 39.3 Å². The number of aryl methyl sites for hydroxylation is 2. The predicted molar refractivity (Wildman–Crippen MR) is 140 cm³/mol. The first-order valence-corrected chi connectivity index (χ1v) is 11.5. The maximum atomic E-state index is 11.8. The summed E-state index contributed by atoms with van der Waals surface area (Å²) in [6.45, 7) is 8.17. The minimum atomic E-state index is -0.424. The molecule has 1 heterocycles. The molecule has 0 saturated carbocycles. The highest BCUT2D eigenvalue weighted by molar-refractivity contribution is 6.09. The third kappa shape index (κ3) is 5.24. The lowest BCUT2D eigenvalue weighted by molar-refractivity contribution is 0.137. The fourth-order valence-electron chi connectivity index (χ4n) is 3.92. The van der Waals surface area contributed by atoms with Crippen molar-refractivity contribution in [3.63, 3.8) is 0 Å². The van der Waals surface area contributed by atoms with Gasteiger partial charge < -0.3 is 24.8 Å². The molecule has 1 aromatic heterocycles. The van der Waals surface area contributed by atoms with Gasteiger partial charge in [0.1, 0.15) is 6.61 Å². The van der Waals surface area contributed by atoms with Crippen LogP contribution in [0.3, 0.4) is 0 Å². The number of hydrogen-bond donors (Lipinski definition) is 2. The number of nitrogens with one attached hydrogen (secondary N) is 2. The Morgan fingerprint density at radius 2 is 1.49 bits per heavy atom. The molecule has 7 heteroatoms. The van der Waals surface area contributed by atoms with Crippen molar-refractivity contribution in [2.75, 3.05) is 19.5 Å². The number of aromatic nitrogens is 1. The van der Waals surface area contributed by atoms with E-state index in [0.29, 0.717) is 11.5 Å². The summed E-state index contributed by atoms with van der Waals surface area (Å²) in [6, 6.07) is 16.0. The van der Waals surface area contributed by atoms with Gasteiger partial charge in [0.05, 0.1) is 30.9 Å². The van der Waals surface area contributed by atoms with E-state index in [1.807, 2.05) is 50.2 Å². The Morgan fingerprint density at radius 3 is 2.14 bits per heavy atom. The molecule has 35 heavy (non-hydrogen) atoms. The largest absolute Gasteiger partial charge is 0.493 e. The third-order valence-corrected chi connectivity index (χ3v) is 5.89. The van der Waals surface area contributed by atoms with Gasteiger partial charge in [-0.25, -0.2) is 9.78 Å². The van der Waals surface area contributed by atoms with Gasteiger partial charge in [-0.15, -0.1) is 0 Å². The number of rotatable bonds is 7. The molecule has 2 N–H and O–H groups in total. The molecule has 7 nitrogen and oxygen atoms in total. The normalized spacial score (nSPS) is 11.1. The van der Waals surface area contributed by atoms with Crippen LogP contribution in [0.5, 0.6) is 11.5 Å². The monoisotopic (exact) mass is 473 g/mol. The molecular formula is C28H31N3O4. The number of nitrogens with zero attached hydrogens (tertiary/aromatic N) is 1. The number of ether oxygens (including phenoxy) is 3. The molecule has 0 saturated heterocycles. The van der Waals surface area contributed by atoms with E-state index < -0.39 is 6.09 Å². The highest BCUT2D eigenvalue weighted by Gasteiger charge is 2.15. The van der Waals surface area contributed by atoms with Crippen LogP contribution in [0.2, 0.25) is 0 Å². The lowest BCUT2D eigenvalue weighted by atomic mass is 10.0. The average molecular weight is 474 g/mol. The van der Waals surface area contributed by atoms with Crippen LogP contribution in [0.4, 0.5) is 16.2 Å². The Hall–Kier alpha value is -4.00. The molecule has 0 fully saturated rings. The van der Waals surface area contributed by atoms with Crippen molar-refractivity contribution in [3.05, 3.63) is 65.2 Å². The molecule has 0 unspecified atom stereocenters. The number of fused-ring (bicyclic) bond motifs is 2. The fraction of sp³-hybridized carbons (Fsp3) is 0.286. The highest BCUT2D eigenvalue weighted by Crippen LogP contribution is 2.39. The van der Waals surface area contributed by atoms with Crippen LogP contribution in [0.25, 0.3) is 21.8 Å². The predicted octanol–water partition coefficient (Wildman–Crippen LogP) is 6.40. The number of anilines is 2. The van der Waals surface area contributed by atoms with Crippen molar-refractivity contribution in [1.82, 2.24) is 10.3 Å². The number of amides is 1.